The number of fused-ring (bicyclic) bond motifs is 2. The minimum Gasteiger partial charge on any atom is -0.378 e. The molecule has 1 fully saturated rings. The topological polar surface area (TPSA) is 46.6 Å². The van der Waals surface area contributed by atoms with Crippen molar-refractivity contribution < 1.29 is 9.53 Å². The largest absolute Gasteiger partial charge is 0.378 e. The molecule has 6 heteroatoms. The number of anilines is 1. The van der Waals surface area contributed by atoms with Crippen molar-refractivity contribution in [2.24, 2.45) is 0 Å². The standard InChI is InChI=1S/C18H14ClNO3S/c19-18(22)11-1-3-13-16(9-11)24-15-4-2-12(10-14(15)17(13)21)20-5-7-23-8-6-20/h1-4,9-10H,5-8H2. The molecule has 0 unspecified atom stereocenters. The fourth-order valence-electron chi connectivity index (χ4n) is 2.98. The van der Waals surface area contributed by atoms with E-state index in [0.717, 1.165) is 28.2 Å². The molecule has 0 radical (unpaired) electrons. The van der Waals surface area contributed by atoms with E-state index in [1.165, 1.54) is 11.3 Å². The van der Waals surface area contributed by atoms with Crippen LogP contribution in [0.4, 0.5) is 5.69 Å². The predicted molar refractivity (Wildman–Crippen MR) is 98.8 cm³/mol. The second-order valence-electron chi connectivity index (χ2n) is 5.70. The molecule has 0 bridgehead atoms. The average molecular weight is 360 g/mol. The number of carbonyl (C=O) groups excluding carboxylic acids is 1. The number of hydrogen-bond donors (Lipinski definition) is 0. The first kappa shape index (κ1) is 15.6. The molecule has 0 saturated carbocycles. The highest BCUT2D eigenvalue weighted by atomic mass is 35.5. The Balaban J connectivity index is 1.89. The lowest BCUT2D eigenvalue weighted by atomic mass is 10.1. The van der Waals surface area contributed by atoms with Crippen LogP contribution >= 0.6 is 22.9 Å². The second kappa shape index (κ2) is 6.16. The zero-order valence-corrected chi connectivity index (χ0v) is 14.3. The number of carbonyl (C=O) groups is 1. The van der Waals surface area contributed by atoms with Crippen LogP contribution in [-0.2, 0) is 4.74 Å². The van der Waals surface area contributed by atoms with Crippen molar-refractivity contribution in [3.8, 4) is 0 Å². The maximum absolute atomic E-state index is 12.8. The average Bonchev–Trinajstić information content (AvgIpc) is 2.62. The van der Waals surface area contributed by atoms with Crippen LogP contribution in [0.3, 0.4) is 0 Å². The summed E-state index contributed by atoms with van der Waals surface area (Å²) >= 11 is 7.04. The van der Waals surface area contributed by atoms with Crippen LogP contribution in [0.2, 0.25) is 0 Å². The third-order valence-corrected chi connectivity index (χ3v) is 5.61. The minimum absolute atomic E-state index is 0.0116. The van der Waals surface area contributed by atoms with Crippen LogP contribution in [0, 0.1) is 0 Å². The lowest BCUT2D eigenvalue weighted by Crippen LogP contribution is -2.36. The van der Waals surface area contributed by atoms with Crippen LogP contribution in [0.1, 0.15) is 10.4 Å². The molecule has 1 aliphatic heterocycles. The van der Waals surface area contributed by atoms with Crippen molar-refractivity contribution in [3.63, 3.8) is 0 Å². The van der Waals surface area contributed by atoms with Gasteiger partial charge in [0.15, 0.2) is 5.43 Å². The molecule has 1 saturated heterocycles. The third kappa shape index (κ3) is 2.69. The summed E-state index contributed by atoms with van der Waals surface area (Å²) in [6.07, 6.45) is 0. The molecule has 2 aromatic carbocycles. The van der Waals surface area contributed by atoms with Crippen LogP contribution in [0.5, 0.6) is 0 Å². The molecule has 0 amide bonds. The number of hydrogen-bond acceptors (Lipinski definition) is 5. The van der Waals surface area contributed by atoms with E-state index in [0.29, 0.717) is 29.5 Å². The van der Waals surface area contributed by atoms with Gasteiger partial charge in [0.25, 0.3) is 5.24 Å². The number of morpholine rings is 1. The van der Waals surface area contributed by atoms with Gasteiger partial charge >= 0.3 is 0 Å². The summed E-state index contributed by atoms with van der Waals surface area (Å²) in [7, 11) is 0. The quantitative estimate of drug-likeness (QED) is 0.518. The molecule has 2 heterocycles. The van der Waals surface area contributed by atoms with Gasteiger partial charge in [-0.05, 0) is 48.0 Å². The normalized spacial score (nSPS) is 15.1. The van der Waals surface area contributed by atoms with E-state index in [1.807, 2.05) is 18.2 Å². The van der Waals surface area contributed by atoms with Gasteiger partial charge in [-0.15, -0.1) is 11.3 Å². The maximum atomic E-state index is 12.8. The molecule has 24 heavy (non-hydrogen) atoms. The summed E-state index contributed by atoms with van der Waals surface area (Å²) in [6.45, 7) is 3.07. The van der Waals surface area contributed by atoms with E-state index >= 15 is 0 Å². The van der Waals surface area contributed by atoms with Crippen molar-refractivity contribution >= 4 is 54.0 Å². The van der Waals surface area contributed by atoms with Gasteiger partial charge in [-0.2, -0.15) is 0 Å². The predicted octanol–water partition coefficient (Wildman–Crippen LogP) is 3.63. The van der Waals surface area contributed by atoms with E-state index in [1.54, 1.807) is 18.2 Å². The second-order valence-corrected chi connectivity index (χ2v) is 7.12. The Morgan fingerprint density at radius 2 is 1.83 bits per heavy atom. The van der Waals surface area contributed by atoms with Crippen molar-refractivity contribution in [2.45, 2.75) is 0 Å². The lowest BCUT2D eigenvalue weighted by molar-refractivity contribution is 0.108. The highest BCUT2D eigenvalue weighted by Crippen LogP contribution is 2.29. The summed E-state index contributed by atoms with van der Waals surface area (Å²) in [5.74, 6) is 0. The highest BCUT2D eigenvalue weighted by molar-refractivity contribution is 7.24. The SMILES string of the molecule is O=C(Cl)c1ccc2c(=O)c3cc(N4CCOCC4)ccc3sc2c1. The summed E-state index contributed by atoms with van der Waals surface area (Å²) in [5, 5.41) is 0.814. The first-order chi connectivity index (χ1) is 11.6. The van der Waals surface area contributed by atoms with Crippen LogP contribution < -0.4 is 10.3 Å². The van der Waals surface area contributed by atoms with Crippen molar-refractivity contribution in [1.82, 2.24) is 0 Å². The number of nitrogens with zero attached hydrogens (tertiary/aromatic N) is 1. The fourth-order valence-corrected chi connectivity index (χ4v) is 4.19. The zero-order valence-electron chi connectivity index (χ0n) is 12.8. The third-order valence-electron chi connectivity index (χ3n) is 4.26. The first-order valence-electron chi connectivity index (χ1n) is 7.66. The van der Waals surface area contributed by atoms with Gasteiger partial charge in [0.05, 0.1) is 13.2 Å². The molecule has 0 atom stereocenters. The molecule has 0 spiro atoms. The fraction of sp³-hybridized carbons (Fsp3) is 0.222. The van der Waals surface area contributed by atoms with E-state index in [9.17, 15) is 9.59 Å². The van der Waals surface area contributed by atoms with Gasteiger partial charge in [0, 0.05) is 44.5 Å². The van der Waals surface area contributed by atoms with E-state index in [4.69, 9.17) is 16.3 Å². The molecular weight excluding hydrogens is 346 g/mol. The monoisotopic (exact) mass is 359 g/mol. The summed E-state index contributed by atoms with van der Waals surface area (Å²) < 4.78 is 7.06. The number of rotatable bonds is 2. The molecule has 0 aliphatic carbocycles. The van der Waals surface area contributed by atoms with E-state index in [2.05, 4.69) is 4.90 Å². The van der Waals surface area contributed by atoms with Crippen LogP contribution in [0.25, 0.3) is 20.2 Å². The highest BCUT2D eigenvalue weighted by Gasteiger charge is 2.14. The Labute approximate surface area is 147 Å². The van der Waals surface area contributed by atoms with Gasteiger partial charge in [0.2, 0.25) is 0 Å². The van der Waals surface area contributed by atoms with Crippen LogP contribution in [0.15, 0.2) is 41.2 Å². The Hall–Kier alpha value is -1.95. The Morgan fingerprint density at radius 3 is 2.58 bits per heavy atom. The minimum atomic E-state index is -0.515. The van der Waals surface area contributed by atoms with Gasteiger partial charge in [-0.3, -0.25) is 9.59 Å². The summed E-state index contributed by atoms with van der Waals surface area (Å²) in [5.41, 5.74) is 1.44. The van der Waals surface area contributed by atoms with Gasteiger partial charge in [0.1, 0.15) is 0 Å². The van der Waals surface area contributed by atoms with Crippen molar-refractivity contribution in [2.75, 3.05) is 31.2 Å². The van der Waals surface area contributed by atoms with E-state index < -0.39 is 5.24 Å². The smallest absolute Gasteiger partial charge is 0.252 e. The van der Waals surface area contributed by atoms with Gasteiger partial charge in [-0.1, -0.05) is 0 Å². The van der Waals surface area contributed by atoms with Crippen molar-refractivity contribution in [3.05, 3.63) is 52.2 Å². The molecule has 0 N–H and O–H groups in total. The number of benzene rings is 2. The van der Waals surface area contributed by atoms with Gasteiger partial charge in [-0.25, -0.2) is 0 Å². The Kier molecular flexibility index (Phi) is 4.00. The molecule has 4 nitrogen and oxygen atoms in total. The Bertz CT molecular complexity index is 1010. The number of halogens is 1. The molecule has 3 aromatic rings. The lowest BCUT2D eigenvalue weighted by Gasteiger charge is -2.29. The molecule has 4 rings (SSSR count). The summed E-state index contributed by atoms with van der Waals surface area (Å²) in [6, 6.07) is 10.9. The first-order valence-corrected chi connectivity index (χ1v) is 8.86. The molecule has 1 aliphatic rings. The summed E-state index contributed by atoms with van der Waals surface area (Å²) in [4.78, 5) is 26.4. The van der Waals surface area contributed by atoms with E-state index in [-0.39, 0.29) is 5.43 Å². The maximum Gasteiger partial charge on any atom is 0.252 e. The Morgan fingerprint density at radius 1 is 1.04 bits per heavy atom. The molecular formula is C18H14ClNO3S. The van der Waals surface area contributed by atoms with Crippen molar-refractivity contribution in [1.29, 1.82) is 0 Å². The van der Waals surface area contributed by atoms with Gasteiger partial charge < -0.3 is 9.64 Å². The number of ether oxygens (including phenoxy) is 1. The van der Waals surface area contributed by atoms with Crippen LogP contribution in [-0.4, -0.2) is 31.5 Å². The molecule has 122 valence electrons. The zero-order chi connectivity index (χ0) is 16.7. The molecule has 1 aromatic heterocycles.